The minimum atomic E-state index is -0.259. The van der Waals surface area contributed by atoms with E-state index in [-0.39, 0.29) is 29.8 Å². The number of halogens is 2. The normalized spacial score (nSPS) is 23.1. The van der Waals surface area contributed by atoms with Crippen molar-refractivity contribution in [2.45, 2.75) is 25.0 Å². The highest BCUT2D eigenvalue weighted by molar-refractivity contribution is 6.27. The molecule has 1 aliphatic rings. The van der Waals surface area contributed by atoms with E-state index in [1.165, 1.54) is 12.1 Å². The average molecular weight is 286 g/mol. The van der Waals surface area contributed by atoms with Crippen LogP contribution in [0.5, 0.6) is 0 Å². The Balaban J connectivity index is 2.04. The summed E-state index contributed by atoms with van der Waals surface area (Å²) in [5.41, 5.74) is 0.942. The standard InChI is InChI=1S/C14H17ClFNO2/c1-17(14(18)9-15)12-6-7-19-13(8-12)10-2-4-11(16)5-3-10/h2-5,12-13H,6-9H2,1H3. The molecule has 3 nitrogen and oxygen atoms in total. The lowest BCUT2D eigenvalue weighted by atomic mass is 9.96. The van der Waals surface area contributed by atoms with Crippen molar-refractivity contribution in [2.24, 2.45) is 0 Å². The van der Waals surface area contributed by atoms with E-state index in [0.717, 1.165) is 12.0 Å². The molecule has 1 heterocycles. The van der Waals surface area contributed by atoms with Crippen molar-refractivity contribution in [3.63, 3.8) is 0 Å². The number of carbonyl (C=O) groups is 1. The lowest BCUT2D eigenvalue weighted by Gasteiger charge is -2.35. The molecule has 2 rings (SSSR count). The van der Waals surface area contributed by atoms with E-state index in [4.69, 9.17) is 16.3 Å². The zero-order chi connectivity index (χ0) is 13.8. The highest BCUT2D eigenvalue weighted by Gasteiger charge is 2.28. The summed E-state index contributed by atoms with van der Waals surface area (Å²) in [5, 5.41) is 0. The molecule has 0 bridgehead atoms. The van der Waals surface area contributed by atoms with Crippen LogP contribution in [0.2, 0.25) is 0 Å². The molecule has 1 amide bonds. The number of amides is 1. The molecule has 19 heavy (non-hydrogen) atoms. The number of hydrogen-bond donors (Lipinski definition) is 0. The number of hydrogen-bond acceptors (Lipinski definition) is 2. The number of ether oxygens (including phenoxy) is 1. The first kappa shape index (κ1) is 14.3. The van der Waals surface area contributed by atoms with E-state index in [1.54, 1.807) is 24.1 Å². The van der Waals surface area contributed by atoms with E-state index in [0.29, 0.717) is 13.0 Å². The van der Waals surface area contributed by atoms with Gasteiger partial charge >= 0.3 is 0 Å². The summed E-state index contributed by atoms with van der Waals surface area (Å²) >= 11 is 5.57. The first-order valence-electron chi connectivity index (χ1n) is 6.30. The van der Waals surface area contributed by atoms with Gasteiger partial charge in [-0.25, -0.2) is 4.39 Å². The summed E-state index contributed by atoms with van der Waals surface area (Å²) in [7, 11) is 1.77. The van der Waals surface area contributed by atoms with E-state index >= 15 is 0 Å². The minimum Gasteiger partial charge on any atom is -0.373 e. The van der Waals surface area contributed by atoms with Gasteiger partial charge in [0.25, 0.3) is 0 Å². The number of nitrogens with zero attached hydrogens (tertiary/aromatic N) is 1. The van der Waals surface area contributed by atoms with Crippen molar-refractivity contribution in [3.05, 3.63) is 35.6 Å². The lowest BCUT2D eigenvalue weighted by Crippen LogP contribution is -2.42. The fourth-order valence-electron chi connectivity index (χ4n) is 2.34. The molecule has 104 valence electrons. The van der Waals surface area contributed by atoms with Crippen LogP contribution in [0.4, 0.5) is 4.39 Å². The molecule has 2 unspecified atom stereocenters. The third-order valence-corrected chi connectivity index (χ3v) is 3.78. The predicted octanol–water partition coefficient (Wildman–Crippen LogP) is 2.74. The van der Waals surface area contributed by atoms with Crippen molar-refractivity contribution >= 4 is 17.5 Å². The second-order valence-corrected chi connectivity index (χ2v) is 4.99. The molecule has 0 N–H and O–H groups in total. The Morgan fingerprint density at radius 3 is 2.79 bits per heavy atom. The maximum Gasteiger partial charge on any atom is 0.237 e. The Hall–Kier alpha value is -1.13. The van der Waals surface area contributed by atoms with Crippen molar-refractivity contribution in [3.8, 4) is 0 Å². The molecule has 1 aromatic rings. The smallest absolute Gasteiger partial charge is 0.237 e. The maximum atomic E-state index is 12.9. The van der Waals surface area contributed by atoms with Crippen molar-refractivity contribution in [1.82, 2.24) is 4.90 Å². The third-order valence-electron chi connectivity index (χ3n) is 3.55. The van der Waals surface area contributed by atoms with Gasteiger partial charge in [-0.1, -0.05) is 12.1 Å². The monoisotopic (exact) mass is 285 g/mol. The van der Waals surface area contributed by atoms with Crippen LogP contribution in [0, 0.1) is 5.82 Å². The molecule has 0 aliphatic carbocycles. The molecule has 0 spiro atoms. The van der Waals surface area contributed by atoms with Gasteiger partial charge in [-0.3, -0.25) is 4.79 Å². The minimum absolute atomic E-state index is 0.00489. The largest absolute Gasteiger partial charge is 0.373 e. The molecular formula is C14H17ClFNO2. The van der Waals surface area contributed by atoms with E-state index in [1.807, 2.05) is 0 Å². The molecule has 1 aliphatic heterocycles. The van der Waals surface area contributed by atoms with Gasteiger partial charge in [-0.2, -0.15) is 0 Å². The first-order chi connectivity index (χ1) is 9.11. The lowest BCUT2D eigenvalue weighted by molar-refractivity contribution is -0.132. The van der Waals surface area contributed by atoms with E-state index in [2.05, 4.69) is 0 Å². The number of rotatable bonds is 3. The quantitative estimate of drug-likeness (QED) is 0.799. The van der Waals surface area contributed by atoms with Gasteiger partial charge in [0.15, 0.2) is 0 Å². The van der Waals surface area contributed by atoms with Crippen LogP contribution in [0.25, 0.3) is 0 Å². The van der Waals surface area contributed by atoms with Crippen molar-refractivity contribution in [2.75, 3.05) is 19.5 Å². The van der Waals surface area contributed by atoms with Crippen LogP contribution in [0.3, 0.4) is 0 Å². The summed E-state index contributed by atoms with van der Waals surface area (Å²) in [6.45, 7) is 0.590. The number of carbonyl (C=O) groups excluding carboxylic acids is 1. The van der Waals surface area contributed by atoms with Crippen LogP contribution < -0.4 is 0 Å². The number of alkyl halides is 1. The van der Waals surface area contributed by atoms with Gasteiger partial charge in [-0.15, -0.1) is 11.6 Å². The van der Waals surface area contributed by atoms with E-state index in [9.17, 15) is 9.18 Å². The van der Waals surface area contributed by atoms with Crippen LogP contribution in [0.15, 0.2) is 24.3 Å². The summed E-state index contributed by atoms with van der Waals surface area (Å²) in [6.07, 6.45) is 1.42. The number of benzene rings is 1. The molecule has 0 radical (unpaired) electrons. The Morgan fingerprint density at radius 2 is 2.16 bits per heavy atom. The van der Waals surface area contributed by atoms with Crippen molar-refractivity contribution in [1.29, 1.82) is 0 Å². The van der Waals surface area contributed by atoms with Crippen molar-refractivity contribution < 1.29 is 13.9 Å². The molecule has 1 fully saturated rings. The molecular weight excluding hydrogens is 269 g/mol. The molecule has 1 aromatic carbocycles. The maximum absolute atomic E-state index is 12.9. The predicted molar refractivity (Wildman–Crippen MR) is 71.6 cm³/mol. The van der Waals surface area contributed by atoms with Gasteiger partial charge in [0.05, 0.1) is 6.10 Å². The first-order valence-corrected chi connectivity index (χ1v) is 6.84. The summed E-state index contributed by atoms with van der Waals surface area (Å²) in [4.78, 5) is 13.3. The Labute approximate surface area is 117 Å². The molecule has 5 heteroatoms. The summed E-state index contributed by atoms with van der Waals surface area (Å²) in [6, 6.07) is 6.43. The molecule has 1 saturated heterocycles. The zero-order valence-electron chi connectivity index (χ0n) is 10.8. The van der Waals surface area contributed by atoms with Crippen LogP contribution in [-0.4, -0.2) is 36.4 Å². The second-order valence-electron chi connectivity index (χ2n) is 4.73. The van der Waals surface area contributed by atoms with Gasteiger partial charge in [-0.05, 0) is 30.5 Å². The Bertz CT molecular complexity index is 438. The molecule has 0 saturated carbocycles. The fraction of sp³-hybridized carbons (Fsp3) is 0.500. The topological polar surface area (TPSA) is 29.5 Å². The average Bonchev–Trinajstić information content (AvgIpc) is 2.46. The second kappa shape index (κ2) is 6.35. The SMILES string of the molecule is CN(C(=O)CCl)C1CCOC(c2ccc(F)cc2)C1. The van der Waals surface area contributed by atoms with Crippen LogP contribution >= 0.6 is 11.6 Å². The third kappa shape index (κ3) is 3.45. The molecule has 0 aromatic heterocycles. The van der Waals surface area contributed by atoms with Crippen LogP contribution in [0.1, 0.15) is 24.5 Å². The Kier molecular flexibility index (Phi) is 4.77. The van der Waals surface area contributed by atoms with E-state index < -0.39 is 0 Å². The highest BCUT2D eigenvalue weighted by Crippen LogP contribution is 2.30. The van der Waals surface area contributed by atoms with Gasteiger partial charge < -0.3 is 9.64 Å². The fourth-order valence-corrected chi connectivity index (χ4v) is 2.53. The van der Waals surface area contributed by atoms with Gasteiger partial charge in [0.2, 0.25) is 5.91 Å². The van der Waals surface area contributed by atoms with Gasteiger partial charge in [0.1, 0.15) is 11.7 Å². The summed E-state index contributed by atoms with van der Waals surface area (Å²) < 4.78 is 18.6. The highest BCUT2D eigenvalue weighted by atomic mass is 35.5. The van der Waals surface area contributed by atoms with Crippen LogP contribution in [-0.2, 0) is 9.53 Å². The summed E-state index contributed by atoms with van der Waals surface area (Å²) in [5.74, 6) is -0.341. The zero-order valence-corrected chi connectivity index (χ0v) is 11.6. The molecule has 2 atom stereocenters. The Morgan fingerprint density at radius 1 is 1.47 bits per heavy atom. The van der Waals surface area contributed by atoms with Gasteiger partial charge in [0, 0.05) is 19.7 Å².